The zero-order valence-corrected chi connectivity index (χ0v) is 23.6. The molecule has 13 heteroatoms. The van der Waals surface area contributed by atoms with Crippen molar-refractivity contribution in [1.82, 2.24) is 24.4 Å². The van der Waals surface area contributed by atoms with Crippen molar-refractivity contribution in [2.75, 3.05) is 39.0 Å². The van der Waals surface area contributed by atoms with Crippen LogP contribution in [0.1, 0.15) is 24.1 Å². The van der Waals surface area contributed by atoms with Crippen molar-refractivity contribution in [3.63, 3.8) is 0 Å². The maximum atomic E-state index is 12.3. The fourth-order valence-electron chi connectivity index (χ4n) is 4.75. The van der Waals surface area contributed by atoms with Crippen LogP contribution in [0, 0.1) is 6.92 Å². The third-order valence-corrected chi connectivity index (χ3v) is 7.76. The number of methoxy groups -OCH3 is 1. The number of hydrogen-bond donors (Lipinski definition) is 2. The molecule has 1 aromatic carbocycles. The van der Waals surface area contributed by atoms with E-state index in [-0.39, 0.29) is 43.6 Å². The second-order valence-electron chi connectivity index (χ2n) is 9.07. The summed E-state index contributed by atoms with van der Waals surface area (Å²) in [5, 5.41) is 5.64. The Morgan fingerprint density at radius 1 is 1.08 bits per heavy atom. The lowest BCUT2D eigenvalue weighted by Gasteiger charge is -2.34. The summed E-state index contributed by atoms with van der Waals surface area (Å²) in [5.74, 6) is 0.806. The van der Waals surface area contributed by atoms with Gasteiger partial charge in [0.25, 0.3) is 0 Å². The van der Waals surface area contributed by atoms with Gasteiger partial charge in [0.1, 0.15) is 17.6 Å². The van der Waals surface area contributed by atoms with Gasteiger partial charge in [-0.25, -0.2) is 9.50 Å². The van der Waals surface area contributed by atoms with Crippen LogP contribution in [0.3, 0.4) is 0 Å². The lowest BCUT2D eigenvalue weighted by atomic mass is 10.1. The number of amides is 2. The molecule has 0 saturated carbocycles. The van der Waals surface area contributed by atoms with E-state index in [4.69, 9.17) is 16.2 Å². The van der Waals surface area contributed by atoms with E-state index in [9.17, 15) is 9.59 Å². The first-order valence-electron chi connectivity index (χ1n) is 11.8. The number of carbonyl (C=O) groups excluding carboxylic acids is 2. The minimum atomic E-state index is -0.452. The number of nitrogen functional groups attached to an aromatic ring is 1. The standard InChI is InChI=1S/C25H29N7O3S.2ClH/c1-15-9-16-11-20(36-24(16)19(10-15)35-2)18-12-17(32-23(18)25(27)28-14-29-32)13-30-5-7-31(8-6-30)22(34)4-3-21(26)33;;/h9-12,14H,3-8,13H2,1-2H3,(H2,26,33)(H2,27,28,29);2*1H. The first kappa shape index (κ1) is 29.4. The maximum absolute atomic E-state index is 12.3. The van der Waals surface area contributed by atoms with Crippen LogP contribution in [0.2, 0.25) is 0 Å². The first-order chi connectivity index (χ1) is 17.3. The minimum absolute atomic E-state index is 0. The van der Waals surface area contributed by atoms with Crippen molar-refractivity contribution in [3.8, 4) is 16.2 Å². The zero-order chi connectivity index (χ0) is 25.4. The van der Waals surface area contributed by atoms with Gasteiger partial charge in [-0.2, -0.15) is 5.10 Å². The van der Waals surface area contributed by atoms with E-state index in [2.05, 4.69) is 40.1 Å². The van der Waals surface area contributed by atoms with Crippen molar-refractivity contribution in [2.24, 2.45) is 5.73 Å². The third kappa shape index (κ3) is 5.80. The Labute approximate surface area is 236 Å². The molecule has 4 aromatic rings. The van der Waals surface area contributed by atoms with Crippen LogP contribution in [0.4, 0.5) is 5.82 Å². The SMILES string of the molecule is COc1cc(C)cc2cc(-c3cc(CN4CCN(C(=O)CCC(N)=O)CC4)n4ncnc(N)c34)sc12.Cl.Cl. The predicted molar refractivity (Wildman–Crippen MR) is 154 cm³/mol. The van der Waals surface area contributed by atoms with Gasteiger partial charge in [0.2, 0.25) is 11.8 Å². The van der Waals surface area contributed by atoms with Gasteiger partial charge in [0.15, 0.2) is 5.82 Å². The molecule has 5 rings (SSSR count). The van der Waals surface area contributed by atoms with Gasteiger partial charge in [-0.1, -0.05) is 6.07 Å². The highest BCUT2D eigenvalue weighted by atomic mass is 35.5. The second-order valence-corrected chi connectivity index (χ2v) is 10.1. The van der Waals surface area contributed by atoms with Gasteiger partial charge in [-0.05, 0) is 36.1 Å². The van der Waals surface area contributed by atoms with Crippen molar-refractivity contribution in [2.45, 2.75) is 26.3 Å². The molecular formula is C25H31Cl2N7O3S. The van der Waals surface area contributed by atoms with E-state index in [1.165, 1.54) is 6.33 Å². The van der Waals surface area contributed by atoms with E-state index in [1.807, 2.05) is 10.6 Å². The van der Waals surface area contributed by atoms with Crippen LogP contribution < -0.4 is 16.2 Å². The molecule has 0 bridgehead atoms. The number of carbonyl (C=O) groups is 2. The molecule has 1 saturated heterocycles. The van der Waals surface area contributed by atoms with Crippen molar-refractivity contribution in [3.05, 3.63) is 41.9 Å². The molecule has 0 unspecified atom stereocenters. The van der Waals surface area contributed by atoms with E-state index >= 15 is 0 Å². The number of nitrogens with zero attached hydrogens (tertiary/aromatic N) is 5. The summed E-state index contributed by atoms with van der Waals surface area (Å²) in [6.45, 7) is 5.40. The lowest BCUT2D eigenvalue weighted by molar-refractivity contribution is -0.134. The van der Waals surface area contributed by atoms with Crippen LogP contribution in [-0.4, -0.2) is 69.5 Å². The highest BCUT2D eigenvalue weighted by molar-refractivity contribution is 7.22. The topological polar surface area (TPSA) is 132 Å². The van der Waals surface area contributed by atoms with Crippen LogP contribution in [0.5, 0.6) is 5.75 Å². The Morgan fingerprint density at radius 2 is 1.82 bits per heavy atom. The number of nitrogens with two attached hydrogens (primary N) is 2. The monoisotopic (exact) mass is 579 g/mol. The van der Waals surface area contributed by atoms with Crippen LogP contribution in [0.25, 0.3) is 26.0 Å². The molecule has 1 aliphatic heterocycles. The number of aromatic nitrogens is 3. The average Bonchev–Trinajstić information content (AvgIpc) is 3.45. The molecule has 4 N–H and O–H groups in total. The summed E-state index contributed by atoms with van der Waals surface area (Å²) in [5.41, 5.74) is 15.4. The highest BCUT2D eigenvalue weighted by Crippen LogP contribution is 2.42. The number of thiophene rings is 1. The highest BCUT2D eigenvalue weighted by Gasteiger charge is 2.24. The largest absolute Gasteiger partial charge is 0.495 e. The summed E-state index contributed by atoms with van der Waals surface area (Å²) in [6.07, 6.45) is 1.72. The average molecular weight is 581 g/mol. The number of benzene rings is 1. The molecule has 3 aromatic heterocycles. The summed E-state index contributed by atoms with van der Waals surface area (Å²) in [7, 11) is 1.69. The van der Waals surface area contributed by atoms with Gasteiger partial charge >= 0.3 is 0 Å². The summed E-state index contributed by atoms with van der Waals surface area (Å²) in [4.78, 5) is 32.7. The van der Waals surface area contributed by atoms with Gasteiger partial charge < -0.3 is 21.1 Å². The molecule has 1 fully saturated rings. The molecule has 0 radical (unpaired) electrons. The maximum Gasteiger partial charge on any atom is 0.223 e. The molecule has 0 atom stereocenters. The molecule has 0 aliphatic carbocycles. The number of fused-ring (bicyclic) bond motifs is 2. The lowest BCUT2D eigenvalue weighted by Crippen LogP contribution is -2.48. The Kier molecular flexibility index (Phi) is 9.42. The van der Waals surface area contributed by atoms with Crippen LogP contribution >= 0.6 is 36.2 Å². The molecule has 4 heterocycles. The van der Waals surface area contributed by atoms with Gasteiger partial charge in [0, 0.05) is 56.0 Å². The summed E-state index contributed by atoms with van der Waals surface area (Å²) < 4.78 is 8.58. The Morgan fingerprint density at radius 3 is 2.50 bits per heavy atom. The van der Waals surface area contributed by atoms with Crippen molar-refractivity contribution < 1.29 is 14.3 Å². The number of hydrogen-bond acceptors (Lipinski definition) is 8. The molecular weight excluding hydrogens is 549 g/mol. The minimum Gasteiger partial charge on any atom is -0.495 e. The van der Waals surface area contributed by atoms with E-state index < -0.39 is 5.91 Å². The molecule has 2 amide bonds. The second kappa shape index (κ2) is 12.2. The molecule has 38 heavy (non-hydrogen) atoms. The summed E-state index contributed by atoms with van der Waals surface area (Å²) >= 11 is 1.66. The number of ether oxygens (including phenoxy) is 1. The normalized spacial score (nSPS) is 13.8. The van der Waals surface area contributed by atoms with Gasteiger partial charge in [-0.15, -0.1) is 36.2 Å². The van der Waals surface area contributed by atoms with Crippen molar-refractivity contribution in [1.29, 1.82) is 0 Å². The van der Waals surface area contributed by atoms with E-state index in [1.54, 1.807) is 23.3 Å². The van der Waals surface area contributed by atoms with E-state index in [0.29, 0.717) is 25.5 Å². The molecule has 204 valence electrons. The molecule has 10 nitrogen and oxygen atoms in total. The number of aryl methyl sites for hydroxylation is 1. The Bertz CT molecular complexity index is 1460. The van der Waals surface area contributed by atoms with E-state index in [0.717, 1.165) is 56.1 Å². The van der Waals surface area contributed by atoms with Crippen molar-refractivity contribution >= 4 is 69.4 Å². The number of piperazine rings is 1. The third-order valence-electron chi connectivity index (χ3n) is 6.56. The fourth-order valence-corrected chi connectivity index (χ4v) is 5.90. The van der Waals surface area contributed by atoms with Crippen LogP contribution in [0.15, 0.2) is 30.6 Å². The van der Waals surface area contributed by atoms with Gasteiger partial charge in [0.05, 0.1) is 17.5 Å². The number of anilines is 1. The Balaban J connectivity index is 0.00000200. The zero-order valence-electron chi connectivity index (χ0n) is 21.2. The number of halogens is 2. The first-order valence-corrected chi connectivity index (χ1v) is 12.6. The number of rotatable bonds is 7. The molecule has 0 spiro atoms. The van der Waals surface area contributed by atoms with Gasteiger partial charge in [-0.3, -0.25) is 14.5 Å². The van der Waals surface area contributed by atoms with Crippen LogP contribution in [-0.2, 0) is 16.1 Å². The molecule has 1 aliphatic rings. The summed E-state index contributed by atoms with van der Waals surface area (Å²) in [6, 6.07) is 8.50. The smallest absolute Gasteiger partial charge is 0.223 e. The fraction of sp³-hybridized carbons (Fsp3) is 0.360. The predicted octanol–water partition coefficient (Wildman–Crippen LogP) is 3.26. The Hall–Kier alpha value is -3.12. The quantitative estimate of drug-likeness (QED) is 0.343. The number of primary amides is 1.